The summed E-state index contributed by atoms with van der Waals surface area (Å²) in [6.07, 6.45) is 2.53. The average Bonchev–Trinajstić information content (AvgIpc) is 2.65. The summed E-state index contributed by atoms with van der Waals surface area (Å²) < 4.78 is 53.9. The largest absolute Gasteiger partial charge is 0.319 e. The standard InChI is InChI=1S/C18H17ClF2N2O3S/c19-15-6-5-13(27(25,26)23-8-2-1-3-9-23)11-14(15)18(24)22-17-10-12(20)4-7-16(17)21/h4-7,10-11H,1-3,8-9H2,(H,22,24). The van der Waals surface area contributed by atoms with Crippen molar-refractivity contribution in [3.63, 3.8) is 0 Å². The Balaban J connectivity index is 1.91. The van der Waals surface area contributed by atoms with Crippen molar-refractivity contribution in [2.75, 3.05) is 18.4 Å². The highest BCUT2D eigenvalue weighted by Crippen LogP contribution is 2.26. The molecule has 0 bridgehead atoms. The molecule has 1 amide bonds. The third-order valence-corrected chi connectivity index (χ3v) is 6.54. The molecule has 3 rings (SSSR count). The number of amides is 1. The van der Waals surface area contributed by atoms with Gasteiger partial charge < -0.3 is 5.32 Å². The molecule has 144 valence electrons. The predicted molar refractivity (Wildman–Crippen MR) is 98.4 cm³/mol. The van der Waals surface area contributed by atoms with Gasteiger partial charge >= 0.3 is 0 Å². The number of benzene rings is 2. The topological polar surface area (TPSA) is 66.5 Å². The molecule has 1 saturated heterocycles. The number of carbonyl (C=O) groups excluding carboxylic acids is 1. The van der Waals surface area contributed by atoms with Gasteiger partial charge in [-0.25, -0.2) is 17.2 Å². The lowest BCUT2D eigenvalue weighted by Gasteiger charge is -2.26. The number of hydrogen-bond donors (Lipinski definition) is 1. The summed E-state index contributed by atoms with van der Waals surface area (Å²) >= 11 is 6.03. The van der Waals surface area contributed by atoms with Gasteiger partial charge in [0, 0.05) is 19.2 Å². The second-order valence-corrected chi connectivity index (χ2v) is 8.53. The van der Waals surface area contributed by atoms with Crippen molar-refractivity contribution in [3.8, 4) is 0 Å². The summed E-state index contributed by atoms with van der Waals surface area (Å²) in [6.45, 7) is 0.835. The molecular weight excluding hydrogens is 398 g/mol. The molecule has 1 N–H and O–H groups in total. The Morgan fingerprint density at radius 1 is 1.04 bits per heavy atom. The highest BCUT2D eigenvalue weighted by Gasteiger charge is 2.27. The van der Waals surface area contributed by atoms with Crippen LogP contribution in [0.5, 0.6) is 0 Å². The fourth-order valence-corrected chi connectivity index (χ4v) is 4.62. The number of halogens is 3. The van der Waals surface area contributed by atoms with Crippen molar-refractivity contribution in [3.05, 3.63) is 58.6 Å². The fourth-order valence-electron chi connectivity index (χ4n) is 2.88. The minimum atomic E-state index is -3.76. The third kappa shape index (κ3) is 4.28. The van der Waals surface area contributed by atoms with Gasteiger partial charge in [0.2, 0.25) is 10.0 Å². The summed E-state index contributed by atoms with van der Waals surface area (Å²) in [4.78, 5) is 12.4. The van der Waals surface area contributed by atoms with Crippen molar-refractivity contribution in [1.29, 1.82) is 0 Å². The van der Waals surface area contributed by atoms with Crippen molar-refractivity contribution < 1.29 is 22.0 Å². The molecule has 0 aliphatic carbocycles. The van der Waals surface area contributed by atoms with Crippen molar-refractivity contribution in [1.82, 2.24) is 4.31 Å². The lowest BCUT2D eigenvalue weighted by Crippen LogP contribution is -2.35. The van der Waals surface area contributed by atoms with Crippen LogP contribution in [-0.2, 0) is 10.0 Å². The first-order chi connectivity index (χ1) is 12.8. The lowest BCUT2D eigenvalue weighted by atomic mass is 10.2. The third-order valence-electron chi connectivity index (χ3n) is 4.31. The van der Waals surface area contributed by atoms with Crippen LogP contribution in [0.25, 0.3) is 0 Å². The van der Waals surface area contributed by atoms with E-state index in [0.29, 0.717) is 13.1 Å². The van der Waals surface area contributed by atoms with Gasteiger partial charge in [0.15, 0.2) is 0 Å². The zero-order valence-corrected chi connectivity index (χ0v) is 15.8. The van der Waals surface area contributed by atoms with Crippen LogP contribution >= 0.6 is 11.6 Å². The van der Waals surface area contributed by atoms with Crippen LogP contribution in [0.4, 0.5) is 14.5 Å². The molecular formula is C18H17ClF2N2O3S. The molecule has 1 aliphatic heterocycles. The number of rotatable bonds is 4. The fraction of sp³-hybridized carbons (Fsp3) is 0.278. The quantitative estimate of drug-likeness (QED) is 0.820. The van der Waals surface area contributed by atoms with E-state index < -0.39 is 27.6 Å². The van der Waals surface area contributed by atoms with E-state index in [4.69, 9.17) is 11.6 Å². The van der Waals surface area contributed by atoms with Gasteiger partial charge in [-0.3, -0.25) is 4.79 Å². The summed E-state index contributed by atoms with van der Waals surface area (Å²) in [5.74, 6) is -2.38. The minimum Gasteiger partial charge on any atom is -0.319 e. The predicted octanol–water partition coefficient (Wildman–Crippen LogP) is 4.05. The molecule has 0 atom stereocenters. The van der Waals surface area contributed by atoms with Crippen LogP contribution < -0.4 is 5.32 Å². The molecule has 0 saturated carbocycles. The molecule has 27 heavy (non-hydrogen) atoms. The maximum atomic E-state index is 13.7. The van der Waals surface area contributed by atoms with Crippen LogP contribution in [0.1, 0.15) is 29.6 Å². The maximum Gasteiger partial charge on any atom is 0.257 e. The SMILES string of the molecule is O=C(Nc1cc(F)ccc1F)c1cc(S(=O)(=O)N2CCCCC2)ccc1Cl. The van der Waals surface area contributed by atoms with Crippen molar-refractivity contribution in [2.24, 2.45) is 0 Å². The van der Waals surface area contributed by atoms with Crippen molar-refractivity contribution >= 4 is 33.2 Å². The Morgan fingerprint density at radius 2 is 1.74 bits per heavy atom. The van der Waals surface area contributed by atoms with Gasteiger partial charge in [-0.2, -0.15) is 4.31 Å². The van der Waals surface area contributed by atoms with E-state index in [1.807, 2.05) is 0 Å². The minimum absolute atomic E-state index is 0.00176. The van der Waals surface area contributed by atoms with E-state index in [0.717, 1.165) is 43.5 Å². The molecule has 9 heteroatoms. The summed E-state index contributed by atoms with van der Waals surface area (Å²) in [7, 11) is -3.76. The number of anilines is 1. The van der Waals surface area contributed by atoms with E-state index in [-0.39, 0.29) is 21.2 Å². The van der Waals surface area contributed by atoms with Crippen molar-refractivity contribution in [2.45, 2.75) is 24.2 Å². The molecule has 1 heterocycles. The Hall–Kier alpha value is -2.03. The van der Waals surface area contributed by atoms with Gasteiger partial charge in [-0.05, 0) is 43.2 Å². The number of piperidine rings is 1. The van der Waals surface area contributed by atoms with Crippen LogP contribution in [0, 0.1) is 11.6 Å². The second kappa shape index (κ2) is 7.92. The molecule has 0 spiro atoms. The van der Waals surface area contributed by atoms with Crippen LogP contribution in [0.3, 0.4) is 0 Å². The molecule has 2 aromatic carbocycles. The van der Waals surface area contributed by atoms with E-state index in [9.17, 15) is 22.0 Å². The highest BCUT2D eigenvalue weighted by molar-refractivity contribution is 7.89. The first-order valence-corrected chi connectivity index (χ1v) is 10.2. The van der Waals surface area contributed by atoms with Gasteiger partial charge in [0.1, 0.15) is 11.6 Å². The molecule has 0 unspecified atom stereocenters. The average molecular weight is 415 g/mol. The smallest absolute Gasteiger partial charge is 0.257 e. The monoisotopic (exact) mass is 414 g/mol. The Kier molecular flexibility index (Phi) is 5.78. The summed E-state index contributed by atoms with van der Waals surface area (Å²) in [6, 6.07) is 6.41. The Bertz CT molecular complexity index is 977. The second-order valence-electron chi connectivity index (χ2n) is 6.18. The number of sulfonamides is 1. The van der Waals surface area contributed by atoms with Crippen LogP contribution in [-0.4, -0.2) is 31.7 Å². The normalized spacial score (nSPS) is 15.5. The molecule has 1 fully saturated rings. The van der Waals surface area contributed by atoms with E-state index in [1.165, 1.54) is 16.4 Å². The van der Waals surface area contributed by atoms with E-state index >= 15 is 0 Å². The zero-order chi connectivity index (χ0) is 19.6. The first kappa shape index (κ1) is 19.7. The van der Waals surface area contributed by atoms with Crippen LogP contribution in [0.15, 0.2) is 41.3 Å². The highest BCUT2D eigenvalue weighted by atomic mass is 35.5. The van der Waals surface area contributed by atoms with E-state index in [2.05, 4.69) is 5.32 Å². The number of nitrogens with one attached hydrogen (secondary N) is 1. The molecule has 5 nitrogen and oxygen atoms in total. The molecule has 0 radical (unpaired) electrons. The van der Waals surface area contributed by atoms with Gasteiger partial charge in [-0.15, -0.1) is 0 Å². The van der Waals surface area contributed by atoms with Gasteiger partial charge in [0.05, 0.1) is 21.2 Å². The lowest BCUT2D eigenvalue weighted by molar-refractivity contribution is 0.102. The Morgan fingerprint density at radius 3 is 2.44 bits per heavy atom. The summed E-state index contributed by atoms with van der Waals surface area (Å²) in [5.41, 5.74) is -0.501. The maximum absolute atomic E-state index is 13.7. The molecule has 1 aliphatic rings. The van der Waals surface area contributed by atoms with E-state index in [1.54, 1.807) is 0 Å². The Labute approximate surface area is 161 Å². The number of hydrogen-bond acceptors (Lipinski definition) is 3. The van der Waals surface area contributed by atoms with Gasteiger partial charge in [-0.1, -0.05) is 18.0 Å². The first-order valence-electron chi connectivity index (χ1n) is 8.35. The number of nitrogens with zero attached hydrogens (tertiary/aromatic N) is 1. The zero-order valence-electron chi connectivity index (χ0n) is 14.2. The number of carbonyl (C=O) groups is 1. The van der Waals surface area contributed by atoms with Gasteiger partial charge in [0.25, 0.3) is 5.91 Å². The molecule has 2 aromatic rings. The molecule has 0 aromatic heterocycles. The van der Waals surface area contributed by atoms with Crippen LogP contribution in [0.2, 0.25) is 5.02 Å². The summed E-state index contributed by atoms with van der Waals surface area (Å²) in [5, 5.41) is 2.22.